The molecule has 118 valence electrons. The van der Waals surface area contributed by atoms with Crippen LogP contribution in [0.15, 0.2) is 29.5 Å². The molecule has 1 aromatic rings. The standard InChI is InChI=1S/C18H23NO3/c1-10(2)8-15-16(13(5)20)17(21)18(22)19(15)14-7-6-11(3)12(4)9-14/h6-7,9-10,15,21H,8H2,1-5H3. The Balaban J connectivity index is 2.51. The molecule has 0 spiro atoms. The van der Waals surface area contributed by atoms with E-state index in [1.165, 1.54) is 6.92 Å². The van der Waals surface area contributed by atoms with Crippen molar-refractivity contribution in [2.45, 2.75) is 47.1 Å². The van der Waals surface area contributed by atoms with Crippen LogP contribution in [-0.2, 0) is 9.59 Å². The number of aliphatic hydroxyl groups is 1. The van der Waals surface area contributed by atoms with Gasteiger partial charge in [-0.1, -0.05) is 19.9 Å². The lowest BCUT2D eigenvalue weighted by Gasteiger charge is -2.28. The molecule has 1 N–H and O–H groups in total. The van der Waals surface area contributed by atoms with Crippen molar-refractivity contribution in [3.05, 3.63) is 40.7 Å². The highest BCUT2D eigenvalue weighted by molar-refractivity contribution is 6.15. The van der Waals surface area contributed by atoms with Crippen LogP contribution in [0.4, 0.5) is 5.69 Å². The number of hydrogen-bond acceptors (Lipinski definition) is 3. The summed E-state index contributed by atoms with van der Waals surface area (Å²) in [5, 5.41) is 10.1. The van der Waals surface area contributed by atoms with Crippen LogP contribution in [0, 0.1) is 19.8 Å². The summed E-state index contributed by atoms with van der Waals surface area (Å²) in [6, 6.07) is 5.35. The highest BCUT2D eigenvalue weighted by Gasteiger charge is 2.42. The number of Topliss-reactive ketones (excluding diaryl/α,β-unsaturated/α-hetero) is 1. The summed E-state index contributed by atoms with van der Waals surface area (Å²) < 4.78 is 0. The van der Waals surface area contributed by atoms with Gasteiger partial charge in [-0.3, -0.25) is 14.5 Å². The topological polar surface area (TPSA) is 57.6 Å². The molecule has 1 aliphatic rings. The van der Waals surface area contributed by atoms with E-state index >= 15 is 0 Å². The van der Waals surface area contributed by atoms with Crippen molar-refractivity contribution in [2.24, 2.45) is 5.92 Å². The predicted octanol–water partition coefficient (Wildman–Crippen LogP) is 3.47. The number of aliphatic hydroxyl groups excluding tert-OH is 1. The fraction of sp³-hybridized carbons (Fsp3) is 0.444. The first kappa shape index (κ1) is 16.3. The Labute approximate surface area is 131 Å². The first-order valence-electron chi connectivity index (χ1n) is 7.59. The molecule has 1 atom stereocenters. The van der Waals surface area contributed by atoms with Crippen LogP contribution in [0.25, 0.3) is 0 Å². The molecule has 1 unspecified atom stereocenters. The number of carbonyl (C=O) groups is 2. The number of carbonyl (C=O) groups excluding carboxylic acids is 2. The van der Waals surface area contributed by atoms with Crippen LogP contribution in [0.5, 0.6) is 0 Å². The monoisotopic (exact) mass is 301 g/mol. The molecule has 1 heterocycles. The highest BCUT2D eigenvalue weighted by atomic mass is 16.3. The Morgan fingerprint density at radius 1 is 1.27 bits per heavy atom. The summed E-state index contributed by atoms with van der Waals surface area (Å²) in [7, 11) is 0. The minimum Gasteiger partial charge on any atom is -0.503 e. The second-order valence-corrected chi connectivity index (χ2v) is 6.41. The van der Waals surface area contributed by atoms with Crippen LogP contribution in [0.2, 0.25) is 0 Å². The molecule has 1 aliphatic heterocycles. The average molecular weight is 301 g/mol. The number of hydrogen-bond donors (Lipinski definition) is 1. The molecule has 22 heavy (non-hydrogen) atoms. The molecule has 1 amide bonds. The molecular weight excluding hydrogens is 278 g/mol. The van der Waals surface area contributed by atoms with Crippen molar-refractivity contribution in [3.8, 4) is 0 Å². The highest BCUT2D eigenvalue weighted by Crippen LogP contribution is 2.34. The van der Waals surface area contributed by atoms with E-state index in [4.69, 9.17) is 0 Å². The quantitative estimate of drug-likeness (QED) is 0.926. The van der Waals surface area contributed by atoms with Gasteiger partial charge in [0.15, 0.2) is 11.5 Å². The molecule has 0 saturated heterocycles. The lowest BCUT2D eigenvalue weighted by atomic mass is 9.95. The van der Waals surface area contributed by atoms with Gasteiger partial charge in [0.05, 0.1) is 11.6 Å². The number of ketones is 1. The third-order valence-electron chi connectivity index (χ3n) is 4.16. The van der Waals surface area contributed by atoms with Gasteiger partial charge < -0.3 is 5.11 Å². The number of rotatable bonds is 4. The minimum absolute atomic E-state index is 0.233. The van der Waals surface area contributed by atoms with E-state index < -0.39 is 17.7 Å². The number of anilines is 1. The molecule has 0 radical (unpaired) electrons. The molecule has 0 saturated carbocycles. The first-order chi connectivity index (χ1) is 10.2. The summed E-state index contributed by atoms with van der Waals surface area (Å²) in [6.07, 6.45) is 0.637. The van der Waals surface area contributed by atoms with Gasteiger partial charge in [-0.2, -0.15) is 0 Å². The van der Waals surface area contributed by atoms with E-state index in [9.17, 15) is 14.7 Å². The third-order valence-corrected chi connectivity index (χ3v) is 4.16. The summed E-state index contributed by atoms with van der Waals surface area (Å²) >= 11 is 0. The maximum absolute atomic E-state index is 12.5. The number of aryl methyl sites for hydroxylation is 2. The van der Waals surface area contributed by atoms with Crippen LogP contribution in [0.1, 0.15) is 38.3 Å². The first-order valence-corrected chi connectivity index (χ1v) is 7.59. The molecule has 4 heteroatoms. The van der Waals surface area contributed by atoms with Gasteiger partial charge in [0.25, 0.3) is 5.91 Å². The van der Waals surface area contributed by atoms with Gasteiger partial charge in [-0.05, 0) is 56.4 Å². The molecule has 1 aromatic carbocycles. The van der Waals surface area contributed by atoms with Crippen molar-refractivity contribution < 1.29 is 14.7 Å². The zero-order valence-corrected chi connectivity index (χ0v) is 13.8. The lowest BCUT2D eigenvalue weighted by Crippen LogP contribution is -2.37. The van der Waals surface area contributed by atoms with Crippen LogP contribution in [0.3, 0.4) is 0 Å². The molecule has 0 aliphatic carbocycles. The van der Waals surface area contributed by atoms with Gasteiger partial charge >= 0.3 is 0 Å². The molecule has 4 nitrogen and oxygen atoms in total. The molecule has 0 aromatic heterocycles. The molecule has 2 rings (SSSR count). The minimum atomic E-state index is -0.487. The van der Waals surface area contributed by atoms with E-state index in [1.807, 2.05) is 45.9 Å². The second kappa shape index (κ2) is 5.95. The normalized spacial score (nSPS) is 18.5. The van der Waals surface area contributed by atoms with Crippen molar-refractivity contribution in [1.82, 2.24) is 0 Å². The van der Waals surface area contributed by atoms with Gasteiger partial charge in [0.2, 0.25) is 0 Å². The lowest BCUT2D eigenvalue weighted by molar-refractivity contribution is -0.117. The van der Waals surface area contributed by atoms with Gasteiger partial charge in [-0.15, -0.1) is 0 Å². The summed E-state index contributed by atoms with van der Waals surface area (Å²) in [4.78, 5) is 25.9. The average Bonchev–Trinajstić information content (AvgIpc) is 2.64. The largest absolute Gasteiger partial charge is 0.503 e. The maximum atomic E-state index is 12.5. The zero-order valence-electron chi connectivity index (χ0n) is 13.8. The molecular formula is C18H23NO3. The number of amides is 1. The van der Waals surface area contributed by atoms with Crippen molar-refractivity contribution >= 4 is 17.4 Å². The second-order valence-electron chi connectivity index (χ2n) is 6.41. The van der Waals surface area contributed by atoms with Crippen molar-refractivity contribution in [1.29, 1.82) is 0 Å². The third kappa shape index (κ3) is 2.78. The Hall–Kier alpha value is -2.10. The Morgan fingerprint density at radius 2 is 1.91 bits per heavy atom. The Morgan fingerprint density at radius 3 is 2.41 bits per heavy atom. The summed E-state index contributed by atoms with van der Waals surface area (Å²) in [6.45, 7) is 9.46. The molecule has 0 bridgehead atoms. The summed E-state index contributed by atoms with van der Waals surface area (Å²) in [5.41, 5.74) is 3.17. The molecule has 0 fully saturated rings. The van der Waals surface area contributed by atoms with Crippen LogP contribution >= 0.6 is 0 Å². The maximum Gasteiger partial charge on any atom is 0.294 e. The van der Waals surface area contributed by atoms with E-state index in [2.05, 4.69) is 0 Å². The van der Waals surface area contributed by atoms with Crippen LogP contribution < -0.4 is 4.90 Å². The fourth-order valence-corrected chi connectivity index (χ4v) is 2.90. The van der Waals surface area contributed by atoms with Crippen molar-refractivity contribution in [2.75, 3.05) is 4.90 Å². The number of nitrogens with zero attached hydrogens (tertiary/aromatic N) is 1. The Bertz CT molecular complexity index is 658. The van der Waals surface area contributed by atoms with Gasteiger partial charge in [0.1, 0.15) is 0 Å². The number of benzene rings is 1. The van der Waals surface area contributed by atoms with Crippen LogP contribution in [-0.4, -0.2) is 22.8 Å². The SMILES string of the molecule is CC(=O)C1=C(O)C(=O)N(c2ccc(C)c(C)c2)C1CC(C)C. The summed E-state index contributed by atoms with van der Waals surface area (Å²) in [5.74, 6) is -0.842. The Kier molecular flexibility index (Phi) is 4.40. The predicted molar refractivity (Wildman–Crippen MR) is 87.0 cm³/mol. The fourth-order valence-electron chi connectivity index (χ4n) is 2.90. The van der Waals surface area contributed by atoms with E-state index in [1.54, 1.807) is 4.90 Å². The van der Waals surface area contributed by atoms with Gasteiger partial charge in [0, 0.05) is 5.69 Å². The zero-order chi connectivity index (χ0) is 16.6. The van der Waals surface area contributed by atoms with Crippen molar-refractivity contribution in [3.63, 3.8) is 0 Å². The van der Waals surface area contributed by atoms with E-state index in [0.717, 1.165) is 16.8 Å². The van der Waals surface area contributed by atoms with E-state index in [-0.39, 0.29) is 11.4 Å². The van der Waals surface area contributed by atoms with Gasteiger partial charge in [-0.25, -0.2) is 0 Å². The van der Waals surface area contributed by atoms with E-state index in [0.29, 0.717) is 12.3 Å². The smallest absolute Gasteiger partial charge is 0.294 e.